The smallest absolute Gasteiger partial charge is 0.321 e. The second-order valence-electron chi connectivity index (χ2n) is 3.80. The van der Waals surface area contributed by atoms with Crippen LogP contribution in [-0.2, 0) is 4.79 Å². The van der Waals surface area contributed by atoms with Crippen molar-refractivity contribution in [3.8, 4) is 5.75 Å². The third-order valence-corrected chi connectivity index (χ3v) is 3.42. The van der Waals surface area contributed by atoms with Crippen molar-refractivity contribution in [3.63, 3.8) is 0 Å². The summed E-state index contributed by atoms with van der Waals surface area (Å²) in [6.07, 6.45) is 0. The first-order valence-corrected chi connectivity index (χ1v) is 6.77. The van der Waals surface area contributed by atoms with Gasteiger partial charge in [-0.25, -0.2) is 0 Å². The minimum Gasteiger partial charge on any atom is -0.426 e. The molecule has 0 amide bonds. The molecule has 0 aliphatic carbocycles. The average molecular weight is 289 g/mol. The summed E-state index contributed by atoms with van der Waals surface area (Å²) in [7, 11) is 0. The van der Waals surface area contributed by atoms with Gasteiger partial charge >= 0.3 is 5.97 Å². The Hall–Kier alpha value is -2.34. The zero-order valence-electron chi connectivity index (χ0n) is 10.4. The quantitative estimate of drug-likeness (QED) is 0.278. The predicted octanol–water partition coefficient (Wildman–Crippen LogP) is 3.29. The van der Waals surface area contributed by atoms with Crippen LogP contribution in [0.3, 0.4) is 0 Å². The maximum absolute atomic E-state index is 11.7. The van der Waals surface area contributed by atoms with Crippen molar-refractivity contribution >= 4 is 23.4 Å². The van der Waals surface area contributed by atoms with E-state index in [2.05, 4.69) is 0 Å². The van der Waals surface area contributed by atoms with Gasteiger partial charge in [0, 0.05) is 6.07 Å². The Balaban J connectivity index is 1.96. The maximum Gasteiger partial charge on any atom is 0.321 e. The molecule has 2 aromatic carbocycles. The maximum atomic E-state index is 11.7. The molecule has 2 rings (SSSR count). The highest BCUT2D eigenvalue weighted by atomic mass is 32.2. The first-order valence-electron chi connectivity index (χ1n) is 5.79. The Bertz CT molecular complexity index is 616. The van der Waals surface area contributed by atoms with Crippen molar-refractivity contribution in [2.24, 2.45) is 0 Å². The van der Waals surface area contributed by atoms with Crippen LogP contribution in [0.1, 0.15) is 0 Å². The summed E-state index contributed by atoms with van der Waals surface area (Å²) in [5, 5.41) is 10.8. The van der Waals surface area contributed by atoms with Crippen molar-refractivity contribution in [2.45, 2.75) is 4.90 Å². The highest BCUT2D eigenvalue weighted by Crippen LogP contribution is 2.28. The van der Waals surface area contributed by atoms with Gasteiger partial charge in [-0.15, -0.1) is 11.8 Å². The fourth-order valence-corrected chi connectivity index (χ4v) is 2.31. The Labute approximate surface area is 119 Å². The summed E-state index contributed by atoms with van der Waals surface area (Å²) >= 11 is 1.09. The summed E-state index contributed by atoms with van der Waals surface area (Å²) in [5.41, 5.74) is -0.00925. The van der Waals surface area contributed by atoms with Gasteiger partial charge in [0.25, 0.3) is 5.69 Å². The molecule has 0 aliphatic rings. The summed E-state index contributed by atoms with van der Waals surface area (Å²) in [6, 6.07) is 15.0. The van der Waals surface area contributed by atoms with Crippen molar-refractivity contribution < 1.29 is 14.5 Å². The normalized spacial score (nSPS) is 10.0. The highest BCUT2D eigenvalue weighted by molar-refractivity contribution is 8.00. The lowest BCUT2D eigenvalue weighted by atomic mass is 10.3. The third-order valence-electron chi connectivity index (χ3n) is 2.38. The number of nitrogens with zero attached hydrogens (tertiary/aromatic N) is 1. The van der Waals surface area contributed by atoms with Gasteiger partial charge in [-0.2, -0.15) is 0 Å². The van der Waals surface area contributed by atoms with Crippen LogP contribution >= 0.6 is 11.8 Å². The van der Waals surface area contributed by atoms with E-state index in [1.54, 1.807) is 42.5 Å². The largest absolute Gasteiger partial charge is 0.426 e. The van der Waals surface area contributed by atoms with Gasteiger partial charge in [-0.05, 0) is 18.2 Å². The summed E-state index contributed by atoms with van der Waals surface area (Å²) in [5.74, 6) is 0.0275. The van der Waals surface area contributed by atoms with Crippen LogP contribution in [0, 0.1) is 10.1 Å². The Morgan fingerprint density at radius 2 is 1.75 bits per heavy atom. The molecule has 0 heterocycles. The van der Waals surface area contributed by atoms with Crippen molar-refractivity contribution in [2.75, 3.05) is 5.75 Å². The number of benzene rings is 2. The predicted molar refractivity (Wildman–Crippen MR) is 75.9 cm³/mol. The summed E-state index contributed by atoms with van der Waals surface area (Å²) in [4.78, 5) is 22.5. The SMILES string of the molecule is O=C(CSc1ccccc1[N+](=O)[O-])Oc1ccccc1. The van der Waals surface area contributed by atoms with E-state index < -0.39 is 10.9 Å². The number of thioether (sulfide) groups is 1. The van der Waals surface area contributed by atoms with Gasteiger partial charge < -0.3 is 4.74 Å². The molecule has 20 heavy (non-hydrogen) atoms. The molecule has 0 fully saturated rings. The van der Waals surface area contributed by atoms with Gasteiger partial charge in [0.15, 0.2) is 0 Å². The minimum absolute atomic E-state index is 0.00925. The lowest BCUT2D eigenvalue weighted by Crippen LogP contribution is -2.10. The molecule has 5 nitrogen and oxygen atoms in total. The van der Waals surface area contributed by atoms with Gasteiger partial charge in [0.1, 0.15) is 5.75 Å². The number of carbonyl (C=O) groups excluding carboxylic acids is 1. The summed E-state index contributed by atoms with van der Waals surface area (Å²) < 4.78 is 5.11. The number of esters is 1. The molecule has 6 heteroatoms. The molecule has 0 atom stereocenters. The standard InChI is InChI=1S/C14H11NO4S/c16-14(19-11-6-2-1-3-7-11)10-20-13-9-5-4-8-12(13)15(17)18/h1-9H,10H2. The van der Waals surface area contributed by atoms with Gasteiger partial charge in [-0.1, -0.05) is 30.3 Å². The van der Waals surface area contributed by atoms with Gasteiger partial charge in [-0.3, -0.25) is 14.9 Å². The highest BCUT2D eigenvalue weighted by Gasteiger charge is 2.14. The molecule has 0 saturated heterocycles. The molecular formula is C14H11NO4S. The fraction of sp³-hybridized carbons (Fsp3) is 0.0714. The summed E-state index contributed by atoms with van der Waals surface area (Å²) in [6.45, 7) is 0. The zero-order valence-corrected chi connectivity index (χ0v) is 11.2. The average Bonchev–Trinajstić information content (AvgIpc) is 2.46. The Morgan fingerprint density at radius 3 is 2.45 bits per heavy atom. The van der Waals surface area contributed by atoms with Crippen LogP contribution in [0.15, 0.2) is 59.5 Å². The molecule has 0 unspecified atom stereocenters. The van der Waals surface area contributed by atoms with Crippen LogP contribution in [-0.4, -0.2) is 16.6 Å². The topological polar surface area (TPSA) is 69.4 Å². The molecule has 0 N–H and O–H groups in total. The van der Waals surface area contributed by atoms with Crippen LogP contribution in [0.4, 0.5) is 5.69 Å². The first-order chi connectivity index (χ1) is 9.66. The van der Waals surface area contributed by atoms with E-state index in [0.29, 0.717) is 10.6 Å². The number of nitro benzene ring substituents is 1. The van der Waals surface area contributed by atoms with E-state index in [9.17, 15) is 14.9 Å². The number of nitro groups is 1. The van der Waals surface area contributed by atoms with E-state index in [0.717, 1.165) is 11.8 Å². The van der Waals surface area contributed by atoms with Crippen molar-refractivity contribution in [3.05, 3.63) is 64.7 Å². The minimum atomic E-state index is -0.467. The van der Waals surface area contributed by atoms with E-state index >= 15 is 0 Å². The first kappa shape index (κ1) is 14.1. The van der Waals surface area contributed by atoms with Crippen LogP contribution < -0.4 is 4.74 Å². The van der Waals surface area contributed by atoms with E-state index in [1.807, 2.05) is 6.07 Å². The van der Waals surface area contributed by atoms with Crippen molar-refractivity contribution in [1.29, 1.82) is 0 Å². The number of carbonyl (C=O) groups is 1. The van der Waals surface area contributed by atoms with Crippen LogP contribution in [0.25, 0.3) is 0 Å². The molecule has 0 bridgehead atoms. The van der Waals surface area contributed by atoms with Crippen LogP contribution in [0.2, 0.25) is 0 Å². The fourth-order valence-electron chi connectivity index (χ4n) is 1.52. The van der Waals surface area contributed by atoms with Gasteiger partial charge in [0.05, 0.1) is 15.6 Å². The van der Waals surface area contributed by atoms with Gasteiger partial charge in [0.2, 0.25) is 0 Å². The Kier molecular flexibility index (Phi) is 4.73. The Morgan fingerprint density at radius 1 is 1.10 bits per heavy atom. The lowest BCUT2D eigenvalue weighted by molar-refractivity contribution is -0.387. The molecule has 2 aromatic rings. The second-order valence-corrected chi connectivity index (χ2v) is 4.82. The lowest BCUT2D eigenvalue weighted by Gasteiger charge is -2.04. The number of ether oxygens (including phenoxy) is 1. The van der Waals surface area contributed by atoms with E-state index in [4.69, 9.17) is 4.74 Å². The molecule has 0 aromatic heterocycles. The molecule has 0 spiro atoms. The number of para-hydroxylation sites is 2. The molecule has 102 valence electrons. The molecule has 0 radical (unpaired) electrons. The molecule has 0 aliphatic heterocycles. The molecular weight excluding hydrogens is 278 g/mol. The van der Waals surface area contributed by atoms with Crippen molar-refractivity contribution in [1.82, 2.24) is 0 Å². The third kappa shape index (κ3) is 3.83. The number of rotatable bonds is 5. The number of hydrogen-bond donors (Lipinski definition) is 0. The van der Waals surface area contributed by atoms with Crippen LogP contribution in [0.5, 0.6) is 5.75 Å². The zero-order chi connectivity index (χ0) is 14.4. The monoisotopic (exact) mass is 289 g/mol. The molecule has 0 saturated carbocycles. The number of hydrogen-bond acceptors (Lipinski definition) is 5. The van der Waals surface area contributed by atoms with E-state index in [-0.39, 0.29) is 11.4 Å². The van der Waals surface area contributed by atoms with E-state index in [1.165, 1.54) is 6.07 Å². The second kappa shape index (κ2) is 6.72.